The first-order chi connectivity index (χ1) is 12.5. The predicted octanol–water partition coefficient (Wildman–Crippen LogP) is 3.45. The van der Waals surface area contributed by atoms with Crippen LogP contribution in [-0.4, -0.2) is 30.7 Å². The van der Waals surface area contributed by atoms with Gasteiger partial charge in [0.25, 0.3) is 0 Å². The molecule has 0 bridgehead atoms. The maximum atomic E-state index is 12.1. The summed E-state index contributed by atoms with van der Waals surface area (Å²) < 4.78 is 10.6. The average molecular weight is 378 g/mol. The standard InChI is InChI=1S/C19H20ClNO5/c1-25-14-10-8-13(9-11-14)18(19(23)24)21-17(22)7-4-12-26-16-6-3-2-5-15(16)20/h2-3,5-6,8-11,18H,4,7,12H2,1H3,(H,21,22)(H,23,24). The number of carbonyl (C=O) groups excluding carboxylic acids is 1. The van der Waals surface area contributed by atoms with E-state index in [9.17, 15) is 14.7 Å². The van der Waals surface area contributed by atoms with Crippen LogP contribution in [0.4, 0.5) is 0 Å². The van der Waals surface area contributed by atoms with E-state index in [1.165, 1.54) is 7.11 Å². The zero-order chi connectivity index (χ0) is 18.9. The second-order valence-electron chi connectivity index (χ2n) is 5.49. The molecule has 0 aliphatic rings. The Hall–Kier alpha value is -2.73. The van der Waals surface area contributed by atoms with Crippen LogP contribution < -0.4 is 14.8 Å². The van der Waals surface area contributed by atoms with Crippen LogP contribution >= 0.6 is 11.6 Å². The van der Waals surface area contributed by atoms with E-state index < -0.39 is 12.0 Å². The Morgan fingerprint density at radius 3 is 2.46 bits per heavy atom. The molecule has 7 heteroatoms. The summed E-state index contributed by atoms with van der Waals surface area (Å²) >= 11 is 5.98. The van der Waals surface area contributed by atoms with Crippen molar-refractivity contribution < 1.29 is 24.2 Å². The zero-order valence-corrected chi connectivity index (χ0v) is 15.0. The third-order valence-corrected chi connectivity index (χ3v) is 3.96. The smallest absolute Gasteiger partial charge is 0.330 e. The topological polar surface area (TPSA) is 84.9 Å². The van der Waals surface area contributed by atoms with Crippen LogP contribution in [0.2, 0.25) is 5.02 Å². The summed E-state index contributed by atoms with van der Waals surface area (Å²) in [7, 11) is 1.52. The minimum Gasteiger partial charge on any atom is -0.497 e. The number of halogens is 1. The van der Waals surface area contributed by atoms with Gasteiger partial charge >= 0.3 is 5.97 Å². The van der Waals surface area contributed by atoms with Gasteiger partial charge < -0.3 is 19.9 Å². The van der Waals surface area contributed by atoms with E-state index >= 15 is 0 Å². The van der Waals surface area contributed by atoms with Crippen molar-refractivity contribution in [1.29, 1.82) is 0 Å². The number of aliphatic carboxylic acids is 1. The fourth-order valence-electron chi connectivity index (χ4n) is 2.29. The van der Waals surface area contributed by atoms with Gasteiger partial charge in [0.2, 0.25) is 5.91 Å². The van der Waals surface area contributed by atoms with Gasteiger partial charge in [0.05, 0.1) is 18.7 Å². The number of rotatable bonds is 9. The van der Waals surface area contributed by atoms with E-state index in [1.54, 1.807) is 48.5 Å². The van der Waals surface area contributed by atoms with Gasteiger partial charge in [-0.1, -0.05) is 35.9 Å². The normalized spacial score (nSPS) is 11.5. The number of hydrogen-bond acceptors (Lipinski definition) is 4. The van der Waals surface area contributed by atoms with Crippen molar-refractivity contribution in [1.82, 2.24) is 5.32 Å². The Balaban J connectivity index is 1.83. The second-order valence-corrected chi connectivity index (χ2v) is 5.90. The number of hydrogen-bond donors (Lipinski definition) is 2. The minimum atomic E-state index is -1.13. The average Bonchev–Trinajstić information content (AvgIpc) is 2.64. The lowest BCUT2D eigenvalue weighted by Crippen LogP contribution is -2.33. The first-order valence-corrected chi connectivity index (χ1v) is 8.42. The molecular weight excluding hydrogens is 358 g/mol. The predicted molar refractivity (Wildman–Crippen MR) is 97.7 cm³/mol. The van der Waals surface area contributed by atoms with E-state index in [0.29, 0.717) is 35.1 Å². The van der Waals surface area contributed by atoms with Crippen molar-refractivity contribution in [2.45, 2.75) is 18.9 Å². The highest BCUT2D eigenvalue weighted by molar-refractivity contribution is 6.32. The monoisotopic (exact) mass is 377 g/mol. The highest BCUT2D eigenvalue weighted by Gasteiger charge is 2.21. The van der Waals surface area contributed by atoms with Crippen molar-refractivity contribution in [2.75, 3.05) is 13.7 Å². The van der Waals surface area contributed by atoms with Gasteiger partial charge in [-0.3, -0.25) is 4.79 Å². The van der Waals surface area contributed by atoms with Crippen LogP contribution in [0.25, 0.3) is 0 Å². The van der Waals surface area contributed by atoms with Crippen molar-refractivity contribution in [3.05, 3.63) is 59.1 Å². The van der Waals surface area contributed by atoms with Crippen LogP contribution in [0.3, 0.4) is 0 Å². The molecule has 0 spiro atoms. The molecule has 2 aromatic carbocycles. The number of para-hydroxylation sites is 1. The summed E-state index contributed by atoms with van der Waals surface area (Å²) in [5.41, 5.74) is 0.471. The van der Waals surface area contributed by atoms with Gasteiger partial charge in [-0.2, -0.15) is 0 Å². The molecule has 6 nitrogen and oxygen atoms in total. The van der Waals surface area contributed by atoms with Crippen molar-refractivity contribution in [3.8, 4) is 11.5 Å². The van der Waals surface area contributed by atoms with Crippen LogP contribution in [0.1, 0.15) is 24.4 Å². The molecule has 0 aliphatic carbocycles. The number of carboxylic acid groups (broad SMARTS) is 1. The van der Waals surface area contributed by atoms with Crippen LogP contribution in [0.5, 0.6) is 11.5 Å². The quantitative estimate of drug-likeness (QED) is 0.654. The molecule has 0 radical (unpaired) electrons. The lowest BCUT2D eigenvalue weighted by Gasteiger charge is -2.15. The van der Waals surface area contributed by atoms with E-state index in [-0.39, 0.29) is 12.3 Å². The number of carboxylic acids is 1. The second kappa shape index (κ2) is 9.68. The SMILES string of the molecule is COc1ccc(C(NC(=O)CCCOc2ccccc2Cl)C(=O)O)cc1. The number of ether oxygens (including phenoxy) is 2. The van der Waals surface area contributed by atoms with Gasteiger partial charge in [-0.15, -0.1) is 0 Å². The van der Waals surface area contributed by atoms with Gasteiger partial charge in [-0.25, -0.2) is 4.79 Å². The highest BCUT2D eigenvalue weighted by atomic mass is 35.5. The molecule has 26 heavy (non-hydrogen) atoms. The summed E-state index contributed by atoms with van der Waals surface area (Å²) in [6, 6.07) is 12.5. The minimum absolute atomic E-state index is 0.143. The molecule has 1 amide bonds. The van der Waals surface area contributed by atoms with Gasteiger partial charge in [0.15, 0.2) is 6.04 Å². The van der Waals surface area contributed by atoms with Gasteiger partial charge in [-0.05, 0) is 36.2 Å². The molecule has 1 atom stereocenters. The molecule has 0 fully saturated rings. The molecule has 2 rings (SSSR count). The molecule has 0 heterocycles. The highest BCUT2D eigenvalue weighted by Crippen LogP contribution is 2.23. The molecule has 0 saturated heterocycles. The summed E-state index contributed by atoms with van der Waals surface area (Å²) in [6.07, 6.45) is 0.580. The largest absolute Gasteiger partial charge is 0.497 e. The fraction of sp³-hybridized carbons (Fsp3) is 0.263. The summed E-state index contributed by atoms with van der Waals surface area (Å²) in [5.74, 6) is -0.330. The summed E-state index contributed by atoms with van der Waals surface area (Å²) in [5, 5.41) is 12.4. The number of methoxy groups -OCH3 is 1. The molecular formula is C19H20ClNO5. The van der Waals surface area contributed by atoms with Crippen molar-refractivity contribution >= 4 is 23.5 Å². The van der Waals surface area contributed by atoms with Crippen molar-refractivity contribution in [2.24, 2.45) is 0 Å². The lowest BCUT2D eigenvalue weighted by atomic mass is 10.1. The number of carbonyl (C=O) groups is 2. The van der Waals surface area contributed by atoms with Gasteiger partial charge in [0.1, 0.15) is 11.5 Å². The molecule has 2 aromatic rings. The Bertz CT molecular complexity index is 748. The van der Waals surface area contributed by atoms with E-state index in [0.717, 1.165) is 0 Å². The number of nitrogens with one attached hydrogen (secondary N) is 1. The maximum Gasteiger partial charge on any atom is 0.330 e. The molecule has 0 aliphatic heterocycles. The van der Waals surface area contributed by atoms with E-state index in [1.807, 2.05) is 0 Å². The Morgan fingerprint density at radius 2 is 1.85 bits per heavy atom. The first kappa shape index (κ1) is 19.6. The maximum absolute atomic E-state index is 12.1. The third kappa shape index (κ3) is 5.67. The van der Waals surface area contributed by atoms with Crippen LogP contribution in [0, 0.1) is 0 Å². The summed E-state index contributed by atoms with van der Waals surface area (Å²) in [4.78, 5) is 23.5. The summed E-state index contributed by atoms with van der Waals surface area (Å²) in [6.45, 7) is 0.303. The third-order valence-electron chi connectivity index (χ3n) is 3.64. The van der Waals surface area contributed by atoms with Crippen LogP contribution in [0.15, 0.2) is 48.5 Å². The molecule has 2 N–H and O–H groups in total. The van der Waals surface area contributed by atoms with E-state index in [4.69, 9.17) is 21.1 Å². The Kier molecular flexibility index (Phi) is 7.29. The van der Waals surface area contributed by atoms with E-state index in [2.05, 4.69) is 5.32 Å². The molecule has 138 valence electrons. The molecule has 1 unspecified atom stereocenters. The Morgan fingerprint density at radius 1 is 1.15 bits per heavy atom. The number of benzene rings is 2. The molecule has 0 saturated carbocycles. The zero-order valence-electron chi connectivity index (χ0n) is 14.3. The first-order valence-electron chi connectivity index (χ1n) is 8.04. The van der Waals surface area contributed by atoms with Crippen molar-refractivity contribution in [3.63, 3.8) is 0 Å². The lowest BCUT2D eigenvalue weighted by molar-refractivity contribution is -0.142. The molecule has 0 aromatic heterocycles. The number of amides is 1. The fourth-order valence-corrected chi connectivity index (χ4v) is 2.48. The Labute approximate surface area is 156 Å². The van der Waals surface area contributed by atoms with Crippen LogP contribution in [-0.2, 0) is 9.59 Å². The van der Waals surface area contributed by atoms with Gasteiger partial charge in [0, 0.05) is 6.42 Å².